The van der Waals surface area contributed by atoms with Crippen molar-refractivity contribution in [2.45, 2.75) is 168 Å². The van der Waals surface area contributed by atoms with Crippen molar-refractivity contribution >= 4 is 0 Å². The summed E-state index contributed by atoms with van der Waals surface area (Å²) in [7, 11) is 0. The summed E-state index contributed by atoms with van der Waals surface area (Å²) in [6.07, 6.45) is 32.9. The van der Waals surface area contributed by atoms with Crippen LogP contribution in [0.1, 0.15) is 168 Å². The molecule has 0 atom stereocenters. The fourth-order valence-electron chi connectivity index (χ4n) is 5.51. The van der Waals surface area contributed by atoms with Gasteiger partial charge < -0.3 is 33.2 Å². The number of hydrogen-bond donors (Lipinski definition) is 0. The van der Waals surface area contributed by atoms with Crippen LogP contribution in [0.15, 0.2) is 0 Å². The van der Waals surface area contributed by atoms with E-state index < -0.39 is 0 Å². The molecule has 0 fully saturated rings. The maximum atomic E-state index is 5.68. The van der Waals surface area contributed by atoms with Crippen LogP contribution in [-0.2, 0) is 33.2 Å². The molecular weight excluding hydrogens is 592 g/mol. The Morgan fingerprint density at radius 2 is 0.319 bits per heavy atom. The highest BCUT2D eigenvalue weighted by atomic mass is 16.6. The topological polar surface area (TPSA) is 64.6 Å². The summed E-state index contributed by atoms with van der Waals surface area (Å²) in [5, 5.41) is 0. The molecule has 0 bridgehead atoms. The van der Waals surface area contributed by atoms with Crippen LogP contribution in [0.25, 0.3) is 0 Å². The monoisotopic (exact) mass is 675 g/mol. The third kappa shape index (κ3) is 45.7. The maximum Gasteiger partial charge on any atom is 0.0701 e. The van der Waals surface area contributed by atoms with E-state index in [4.69, 9.17) is 33.2 Å². The molecule has 0 heterocycles. The number of hydrogen-bond acceptors (Lipinski definition) is 7. The lowest BCUT2D eigenvalue weighted by molar-refractivity contribution is -0.0206. The van der Waals surface area contributed by atoms with E-state index in [-0.39, 0.29) is 0 Å². The number of rotatable bonds is 44. The van der Waals surface area contributed by atoms with Crippen LogP contribution in [0, 0.1) is 0 Å². The van der Waals surface area contributed by atoms with E-state index in [0.717, 1.165) is 26.1 Å². The predicted octanol–water partition coefficient (Wildman–Crippen LogP) is 10.5. The SMILES string of the molecule is CCCCCCCCCCCCCCOCCOCCOCCOCCOCCOCCOCCCCCCCCCCCCCC. The standard InChI is InChI=1S/C40H82O7/c1-3-5-7-9-11-13-15-17-19-21-23-25-27-41-29-31-43-33-35-45-37-39-47-40-38-46-36-34-44-32-30-42-28-26-24-22-20-18-16-14-12-10-8-6-4-2/h3-40H2,1-2H3. The van der Waals surface area contributed by atoms with Crippen molar-refractivity contribution in [2.75, 3.05) is 92.5 Å². The van der Waals surface area contributed by atoms with Gasteiger partial charge in [0.15, 0.2) is 0 Å². The van der Waals surface area contributed by atoms with Gasteiger partial charge in [-0.3, -0.25) is 0 Å². The lowest BCUT2D eigenvalue weighted by atomic mass is 10.1. The van der Waals surface area contributed by atoms with Gasteiger partial charge in [-0.05, 0) is 12.8 Å². The summed E-state index contributed by atoms with van der Waals surface area (Å²) in [5.41, 5.74) is 0. The second-order valence-electron chi connectivity index (χ2n) is 13.1. The Kier molecular flexibility index (Phi) is 45.4. The second kappa shape index (κ2) is 45.7. The average Bonchev–Trinajstić information content (AvgIpc) is 3.08. The summed E-state index contributed by atoms with van der Waals surface area (Å²) in [6.45, 7) is 13.5. The van der Waals surface area contributed by atoms with E-state index in [2.05, 4.69) is 13.8 Å². The van der Waals surface area contributed by atoms with Gasteiger partial charge in [-0.25, -0.2) is 0 Å². The molecule has 0 aromatic heterocycles. The van der Waals surface area contributed by atoms with E-state index >= 15 is 0 Å². The first-order valence-electron chi connectivity index (χ1n) is 20.5. The van der Waals surface area contributed by atoms with Crippen LogP contribution in [0.3, 0.4) is 0 Å². The first-order chi connectivity index (χ1) is 23.4. The first kappa shape index (κ1) is 46.7. The number of unbranched alkanes of at least 4 members (excludes halogenated alkanes) is 22. The third-order valence-electron chi connectivity index (χ3n) is 8.52. The van der Waals surface area contributed by atoms with Crippen molar-refractivity contribution in [3.05, 3.63) is 0 Å². The predicted molar refractivity (Wildman–Crippen MR) is 198 cm³/mol. The summed E-state index contributed by atoms with van der Waals surface area (Å²) in [6, 6.07) is 0. The minimum atomic E-state index is 0.568. The molecular formula is C40H82O7. The molecule has 284 valence electrons. The Hall–Kier alpha value is -0.280. The van der Waals surface area contributed by atoms with Gasteiger partial charge in [-0.15, -0.1) is 0 Å². The van der Waals surface area contributed by atoms with Crippen LogP contribution in [0.5, 0.6) is 0 Å². The van der Waals surface area contributed by atoms with Crippen molar-refractivity contribution < 1.29 is 33.2 Å². The molecule has 7 nitrogen and oxygen atoms in total. The molecule has 0 rings (SSSR count). The van der Waals surface area contributed by atoms with Gasteiger partial charge >= 0.3 is 0 Å². The quantitative estimate of drug-likeness (QED) is 0.0596. The fraction of sp³-hybridized carbons (Fsp3) is 1.00. The zero-order chi connectivity index (χ0) is 33.8. The molecule has 0 unspecified atom stereocenters. The van der Waals surface area contributed by atoms with Gasteiger partial charge in [0.2, 0.25) is 0 Å². The summed E-state index contributed by atoms with van der Waals surface area (Å²) in [4.78, 5) is 0. The lowest BCUT2D eigenvalue weighted by Gasteiger charge is -2.08. The smallest absolute Gasteiger partial charge is 0.0701 e. The molecule has 0 N–H and O–H groups in total. The highest BCUT2D eigenvalue weighted by Gasteiger charge is 1.97. The van der Waals surface area contributed by atoms with Crippen molar-refractivity contribution in [1.82, 2.24) is 0 Å². The third-order valence-corrected chi connectivity index (χ3v) is 8.52. The largest absolute Gasteiger partial charge is 0.379 e. The Morgan fingerprint density at radius 3 is 0.511 bits per heavy atom. The zero-order valence-corrected chi connectivity index (χ0v) is 31.7. The van der Waals surface area contributed by atoms with Crippen molar-refractivity contribution in [1.29, 1.82) is 0 Å². The first-order valence-corrected chi connectivity index (χ1v) is 20.5. The van der Waals surface area contributed by atoms with Gasteiger partial charge in [-0.2, -0.15) is 0 Å². The molecule has 7 heteroatoms. The Balaban J connectivity index is 3.03. The van der Waals surface area contributed by atoms with Crippen molar-refractivity contribution in [3.8, 4) is 0 Å². The molecule has 0 amide bonds. The molecule has 0 spiro atoms. The van der Waals surface area contributed by atoms with Crippen molar-refractivity contribution in [3.63, 3.8) is 0 Å². The molecule has 0 aliphatic rings. The maximum absolute atomic E-state index is 5.68. The van der Waals surface area contributed by atoms with Crippen molar-refractivity contribution in [2.24, 2.45) is 0 Å². The fourth-order valence-corrected chi connectivity index (χ4v) is 5.51. The Morgan fingerprint density at radius 1 is 0.170 bits per heavy atom. The zero-order valence-electron chi connectivity index (χ0n) is 31.7. The molecule has 0 saturated carbocycles. The molecule has 0 aliphatic heterocycles. The van der Waals surface area contributed by atoms with E-state index in [1.165, 1.54) is 141 Å². The van der Waals surface area contributed by atoms with Gasteiger partial charge in [0.05, 0.1) is 79.3 Å². The molecule has 0 radical (unpaired) electrons. The van der Waals surface area contributed by atoms with E-state index in [9.17, 15) is 0 Å². The second-order valence-corrected chi connectivity index (χ2v) is 13.1. The van der Waals surface area contributed by atoms with E-state index in [0.29, 0.717) is 79.3 Å². The lowest BCUT2D eigenvalue weighted by Crippen LogP contribution is -2.14. The highest BCUT2D eigenvalue weighted by molar-refractivity contribution is 4.50. The van der Waals surface area contributed by atoms with Gasteiger partial charge in [-0.1, -0.05) is 155 Å². The van der Waals surface area contributed by atoms with Crippen LogP contribution in [0.4, 0.5) is 0 Å². The number of ether oxygens (including phenoxy) is 7. The molecule has 47 heavy (non-hydrogen) atoms. The minimum absolute atomic E-state index is 0.568. The summed E-state index contributed by atoms with van der Waals surface area (Å²) in [5.74, 6) is 0. The molecule has 0 aromatic carbocycles. The molecule has 0 aliphatic carbocycles. The average molecular weight is 675 g/mol. The Bertz CT molecular complexity index is 479. The molecule has 0 aromatic rings. The van der Waals surface area contributed by atoms with E-state index in [1.807, 2.05) is 0 Å². The minimum Gasteiger partial charge on any atom is -0.379 e. The summed E-state index contributed by atoms with van der Waals surface area (Å²) >= 11 is 0. The van der Waals surface area contributed by atoms with Crippen LogP contribution < -0.4 is 0 Å². The van der Waals surface area contributed by atoms with Gasteiger partial charge in [0, 0.05) is 13.2 Å². The summed E-state index contributed by atoms with van der Waals surface area (Å²) < 4.78 is 39.1. The van der Waals surface area contributed by atoms with Crippen LogP contribution >= 0.6 is 0 Å². The highest BCUT2D eigenvalue weighted by Crippen LogP contribution is 2.13. The Labute approximate surface area is 293 Å². The molecule has 0 saturated heterocycles. The van der Waals surface area contributed by atoms with Gasteiger partial charge in [0.25, 0.3) is 0 Å². The van der Waals surface area contributed by atoms with Crippen LogP contribution in [-0.4, -0.2) is 92.5 Å². The van der Waals surface area contributed by atoms with E-state index in [1.54, 1.807) is 0 Å². The normalized spacial score (nSPS) is 11.6. The van der Waals surface area contributed by atoms with Gasteiger partial charge in [0.1, 0.15) is 0 Å². The van der Waals surface area contributed by atoms with Crippen LogP contribution in [0.2, 0.25) is 0 Å².